The lowest BCUT2D eigenvalue weighted by Gasteiger charge is -1.88. The molecule has 0 aliphatic carbocycles. The maximum absolute atomic E-state index is 9.68. The molecule has 2 N–H and O–H groups in total. The predicted octanol–water partition coefficient (Wildman–Crippen LogP) is -0.167. The molecule has 0 aromatic rings. The summed E-state index contributed by atoms with van der Waals surface area (Å²) in [4.78, 5) is 9.39. The van der Waals surface area contributed by atoms with Gasteiger partial charge in [0.25, 0.3) is 0 Å². The van der Waals surface area contributed by atoms with Crippen LogP contribution in [-0.2, 0) is 4.79 Å². The summed E-state index contributed by atoms with van der Waals surface area (Å²) in [6, 6.07) is 0. The first-order valence-corrected chi connectivity index (χ1v) is 2.21. The number of hydrogen-bond donors (Lipinski definition) is 3. The van der Waals surface area contributed by atoms with E-state index in [0.29, 0.717) is 0 Å². The summed E-state index contributed by atoms with van der Waals surface area (Å²) in [7, 11) is 0. The number of carboxylic acid groups (broad SMARTS) is 1. The van der Waals surface area contributed by atoms with Gasteiger partial charge in [0.1, 0.15) is 0 Å². The molecule has 0 saturated carbocycles. The van der Waals surface area contributed by atoms with Gasteiger partial charge in [-0.2, -0.15) is 0 Å². The standard InChI is InChI=1S/C2H3NO2S2/c4-2(5)1(6)3-7/h7H,(H,3,6)(H,4,5). The summed E-state index contributed by atoms with van der Waals surface area (Å²) < 4.78 is 1.99. The van der Waals surface area contributed by atoms with Crippen molar-refractivity contribution in [1.29, 1.82) is 0 Å². The number of thiol groups is 1. The Kier molecular flexibility index (Phi) is 2.70. The van der Waals surface area contributed by atoms with Crippen LogP contribution in [0.5, 0.6) is 0 Å². The Morgan fingerprint density at radius 3 is 2.29 bits per heavy atom. The van der Waals surface area contributed by atoms with Crippen LogP contribution < -0.4 is 4.72 Å². The molecule has 0 bridgehead atoms. The van der Waals surface area contributed by atoms with Crippen LogP contribution in [0, 0.1) is 0 Å². The van der Waals surface area contributed by atoms with Crippen molar-refractivity contribution in [2.75, 3.05) is 0 Å². The maximum atomic E-state index is 9.68. The van der Waals surface area contributed by atoms with Crippen molar-refractivity contribution in [3.8, 4) is 0 Å². The number of nitrogens with one attached hydrogen (secondary N) is 1. The van der Waals surface area contributed by atoms with Crippen LogP contribution in [-0.4, -0.2) is 16.1 Å². The monoisotopic (exact) mass is 137 g/mol. The average molecular weight is 137 g/mol. The quantitative estimate of drug-likeness (QED) is 0.320. The highest BCUT2D eigenvalue weighted by atomic mass is 32.1. The third-order valence-corrected chi connectivity index (χ3v) is 0.947. The molecule has 40 valence electrons. The number of thiocarbonyl (C=S) groups is 1. The van der Waals surface area contributed by atoms with Gasteiger partial charge in [-0.15, -0.1) is 0 Å². The molecule has 0 amide bonds. The van der Waals surface area contributed by atoms with Crippen LogP contribution in [0.1, 0.15) is 0 Å². The highest BCUT2D eigenvalue weighted by molar-refractivity contribution is 7.85. The Morgan fingerprint density at radius 2 is 2.29 bits per heavy atom. The fourth-order valence-electron chi connectivity index (χ4n) is 0.0478. The molecule has 0 aliphatic heterocycles. The summed E-state index contributed by atoms with van der Waals surface area (Å²) in [5, 5.41) is 7.93. The minimum atomic E-state index is -1.16. The molecule has 0 rings (SSSR count). The molecule has 0 aromatic carbocycles. The Balaban J connectivity index is 3.58. The van der Waals surface area contributed by atoms with E-state index in [1.165, 1.54) is 0 Å². The topological polar surface area (TPSA) is 49.3 Å². The zero-order valence-electron chi connectivity index (χ0n) is 3.21. The zero-order chi connectivity index (χ0) is 5.86. The SMILES string of the molecule is O=C(O)C(=S)NS. The van der Waals surface area contributed by atoms with Gasteiger partial charge in [-0.3, -0.25) is 0 Å². The smallest absolute Gasteiger partial charge is 0.364 e. The molecule has 0 saturated heterocycles. The molecule has 0 fully saturated rings. The predicted molar refractivity (Wildman–Crippen MR) is 32.4 cm³/mol. The summed E-state index contributed by atoms with van der Waals surface area (Å²) in [5.74, 6) is -1.16. The van der Waals surface area contributed by atoms with E-state index in [4.69, 9.17) is 5.11 Å². The Morgan fingerprint density at radius 1 is 1.86 bits per heavy atom. The van der Waals surface area contributed by atoms with Crippen molar-refractivity contribution < 1.29 is 9.90 Å². The van der Waals surface area contributed by atoms with E-state index < -0.39 is 5.97 Å². The highest BCUT2D eigenvalue weighted by Gasteiger charge is 1.99. The minimum absolute atomic E-state index is 0.289. The molecule has 0 radical (unpaired) electrons. The third kappa shape index (κ3) is 2.41. The minimum Gasteiger partial charge on any atom is -0.476 e. The van der Waals surface area contributed by atoms with Crippen LogP contribution in [0.2, 0.25) is 0 Å². The maximum Gasteiger partial charge on any atom is 0.364 e. The fourth-order valence-corrected chi connectivity index (χ4v) is 0.143. The van der Waals surface area contributed by atoms with Gasteiger partial charge < -0.3 is 9.83 Å². The molecule has 5 heteroatoms. The molecule has 0 aliphatic rings. The number of carbonyl (C=O) groups is 1. The van der Waals surface area contributed by atoms with E-state index in [-0.39, 0.29) is 4.99 Å². The van der Waals surface area contributed by atoms with E-state index in [1.807, 2.05) is 4.72 Å². The lowest BCUT2D eigenvalue weighted by atomic mass is 10.7. The zero-order valence-corrected chi connectivity index (χ0v) is 4.92. The summed E-state index contributed by atoms with van der Waals surface area (Å²) >= 11 is 7.57. The largest absolute Gasteiger partial charge is 0.476 e. The highest BCUT2D eigenvalue weighted by Crippen LogP contribution is 1.71. The number of rotatable bonds is 0. The van der Waals surface area contributed by atoms with Crippen LogP contribution in [0.4, 0.5) is 0 Å². The van der Waals surface area contributed by atoms with Gasteiger partial charge in [-0.25, -0.2) is 4.79 Å². The second kappa shape index (κ2) is 2.81. The molecule has 0 spiro atoms. The van der Waals surface area contributed by atoms with Crippen molar-refractivity contribution in [1.82, 2.24) is 4.72 Å². The van der Waals surface area contributed by atoms with Crippen LogP contribution >= 0.6 is 25.0 Å². The third-order valence-electron chi connectivity index (χ3n) is 0.296. The lowest BCUT2D eigenvalue weighted by molar-refractivity contribution is -0.129. The van der Waals surface area contributed by atoms with Gasteiger partial charge in [0, 0.05) is 0 Å². The average Bonchev–Trinajstić information content (AvgIpc) is 1.65. The van der Waals surface area contributed by atoms with Gasteiger partial charge in [0.15, 0.2) is 4.99 Å². The summed E-state index contributed by atoms with van der Waals surface area (Å²) in [5.41, 5.74) is 0. The van der Waals surface area contributed by atoms with Gasteiger partial charge in [-0.1, -0.05) is 25.0 Å². The lowest BCUT2D eigenvalue weighted by Crippen LogP contribution is -2.20. The number of aliphatic carboxylic acids is 1. The van der Waals surface area contributed by atoms with Crippen LogP contribution in [0.15, 0.2) is 0 Å². The van der Waals surface area contributed by atoms with Gasteiger partial charge >= 0.3 is 5.97 Å². The molecular formula is C2H3NO2S2. The molecule has 3 nitrogen and oxygen atoms in total. The molecule has 0 heterocycles. The first kappa shape index (κ1) is 6.71. The Hall–Kier alpha value is -0.290. The second-order valence-electron chi connectivity index (χ2n) is 0.746. The van der Waals surface area contributed by atoms with E-state index in [9.17, 15) is 4.79 Å². The first-order chi connectivity index (χ1) is 3.18. The first-order valence-electron chi connectivity index (χ1n) is 1.36. The van der Waals surface area contributed by atoms with E-state index in [1.54, 1.807) is 0 Å². The Labute approximate surface area is 51.3 Å². The Bertz CT molecular complexity index is 102. The van der Waals surface area contributed by atoms with E-state index in [0.717, 1.165) is 0 Å². The van der Waals surface area contributed by atoms with Crippen molar-refractivity contribution in [3.63, 3.8) is 0 Å². The fraction of sp³-hybridized carbons (Fsp3) is 0. The number of hydrogen-bond acceptors (Lipinski definition) is 3. The molecular weight excluding hydrogens is 134 g/mol. The normalized spacial score (nSPS) is 7.57. The van der Waals surface area contributed by atoms with Crippen LogP contribution in [0.3, 0.4) is 0 Å². The van der Waals surface area contributed by atoms with Crippen LogP contribution in [0.25, 0.3) is 0 Å². The van der Waals surface area contributed by atoms with Crippen molar-refractivity contribution in [2.24, 2.45) is 0 Å². The summed E-state index contributed by atoms with van der Waals surface area (Å²) in [6.45, 7) is 0. The van der Waals surface area contributed by atoms with Gasteiger partial charge in [-0.05, 0) is 0 Å². The van der Waals surface area contributed by atoms with E-state index >= 15 is 0 Å². The van der Waals surface area contributed by atoms with Crippen molar-refractivity contribution in [3.05, 3.63) is 0 Å². The van der Waals surface area contributed by atoms with Gasteiger partial charge in [0.05, 0.1) is 0 Å². The molecule has 7 heavy (non-hydrogen) atoms. The number of carboxylic acids is 1. The summed E-state index contributed by atoms with van der Waals surface area (Å²) in [6.07, 6.45) is 0. The van der Waals surface area contributed by atoms with Crippen molar-refractivity contribution >= 4 is 36.0 Å². The van der Waals surface area contributed by atoms with E-state index in [2.05, 4.69) is 25.0 Å². The molecule has 0 atom stereocenters. The van der Waals surface area contributed by atoms with Gasteiger partial charge in [0.2, 0.25) is 0 Å². The second-order valence-corrected chi connectivity index (χ2v) is 1.38. The van der Waals surface area contributed by atoms with Crippen molar-refractivity contribution in [2.45, 2.75) is 0 Å². The molecule has 0 aromatic heterocycles. The molecule has 0 unspecified atom stereocenters.